The number of terminal acetylenes is 1. The van der Waals surface area contributed by atoms with Gasteiger partial charge in [-0.1, -0.05) is 44.9 Å². The van der Waals surface area contributed by atoms with E-state index in [4.69, 9.17) is 10.8 Å². The molecule has 2 atom stereocenters. The number of hydrogen-bond acceptors (Lipinski definition) is 1. The zero-order chi connectivity index (χ0) is 17.1. The van der Waals surface area contributed by atoms with Crippen LogP contribution in [0.1, 0.15) is 37.8 Å². The second-order valence-electron chi connectivity index (χ2n) is 6.70. The zero-order valence-corrected chi connectivity index (χ0v) is 14.8. The molecule has 0 aliphatic rings. The van der Waals surface area contributed by atoms with Crippen molar-refractivity contribution in [3.63, 3.8) is 0 Å². The van der Waals surface area contributed by atoms with Crippen LogP contribution in [0, 0.1) is 17.8 Å². The van der Waals surface area contributed by atoms with E-state index < -0.39 is 32.8 Å². The van der Waals surface area contributed by atoms with Gasteiger partial charge in [0.2, 0.25) is 0 Å². The van der Waals surface area contributed by atoms with Gasteiger partial charge in [-0.25, -0.2) is 0 Å². The average Bonchev–Trinajstić information content (AvgIpc) is 2.36. The Kier molecular flexibility index (Phi) is 5.88. The highest BCUT2D eigenvalue weighted by Gasteiger charge is 2.40. The van der Waals surface area contributed by atoms with Crippen LogP contribution in [-0.2, 0) is 10.6 Å². The van der Waals surface area contributed by atoms with Gasteiger partial charge in [-0.15, -0.1) is 6.42 Å². The molecule has 0 radical (unpaired) electrons. The molecule has 0 heterocycles. The lowest BCUT2D eigenvalue weighted by molar-refractivity contribution is -0.138. The smallest absolute Gasteiger partial charge is 0.416 e. The number of rotatable bonds is 4. The normalized spacial score (nSPS) is 15.5. The summed E-state index contributed by atoms with van der Waals surface area (Å²) in [6, 6.07) is 5.50. The molecule has 5 heteroatoms. The monoisotopic (exact) mass is 328 g/mol. The maximum atomic E-state index is 13.3. The summed E-state index contributed by atoms with van der Waals surface area (Å²) in [5.41, 5.74) is -0.916. The summed E-state index contributed by atoms with van der Waals surface area (Å²) in [4.78, 5) is 0. The quantitative estimate of drug-likeness (QED) is 0.568. The van der Waals surface area contributed by atoms with Gasteiger partial charge >= 0.3 is 6.18 Å². The van der Waals surface area contributed by atoms with E-state index in [1.165, 1.54) is 12.1 Å². The highest BCUT2D eigenvalue weighted by Crippen LogP contribution is 2.40. The molecule has 122 valence electrons. The number of hydrogen-bond donors (Lipinski definition) is 0. The van der Waals surface area contributed by atoms with Crippen molar-refractivity contribution in [1.82, 2.24) is 0 Å². The molecule has 1 rings (SSSR count). The molecule has 0 amide bonds. The highest BCUT2D eigenvalue weighted by molar-refractivity contribution is 6.48. The molecule has 0 N–H and O–H groups in total. The summed E-state index contributed by atoms with van der Waals surface area (Å²) < 4.78 is 45.8. The number of halogens is 3. The van der Waals surface area contributed by atoms with E-state index in [1.807, 2.05) is 33.9 Å². The molecule has 2 unspecified atom stereocenters. The molecule has 0 saturated heterocycles. The fourth-order valence-electron chi connectivity index (χ4n) is 2.44. The Hall–Kier alpha value is -1.25. The van der Waals surface area contributed by atoms with E-state index in [-0.39, 0.29) is 11.0 Å². The van der Waals surface area contributed by atoms with Gasteiger partial charge in [0.1, 0.15) is 0 Å². The molecule has 0 spiro atoms. The average molecular weight is 328 g/mol. The lowest BCUT2D eigenvalue weighted by atomic mass is 9.77. The van der Waals surface area contributed by atoms with E-state index in [0.717, 1.165) is 6.07 Å². The molecule has 0 bridgehead atoms. The minimum absolute atomic E-state index is 0.118. The molecule has 0 aromatic heterocycles. The fraction of sp³-hybridized carbons (Fsp3) is 0.529. The number of alkyl halides is 3. The Balaban J connectivity index is 3.40. The molecular weight excluding hydrogens is 305 g/mol. The van der Waals surface area contributed by atoms with Crippen LogP contribution in [0.15, 0.2) is 24.3 Å². The van der Waals surface area contributed by atoms with Crippen LogP contribution < -0.4 is 0 Å². The molecule has 1 nitrogen and oxygen atoms in total. The van der Waals surface area contributed by atoms with Gasteiger partial charge in [0.15, 0.2) is 9.04 Å². The Morgan fingerprint density at radius 1 is 1.14 bits per heavy atom. The molecule has 1 aromatic rings. The first-order chi connectivity index (χ1) is 9.98. The van der Waals surface area contributed by atoms with Crippen LogP contribution in [0.2, 0.25) is 13.1 Å². The first kappa shape index (κ1) is 18.8. The van der Waals surface area contributed by atoms with E-state index >= 15 is 0 Å². The Morgan fingerprint density at radius 3 is 2.09 bits per heavy atom. The summed E-state index contributed by atoms with van der Waals surface area (Å²) in [5.74, 6) is 1.81. The third-order valence-corrected chi connectivity index (χ3v) is 4.19. The minimum atomic E-state index is -4.43. The zero-order valence-electron chi connectivity index (χ0n) is 13.7. The molecule has 0 aliphatic heterocycles. The van der Waals surface area contributed by atoms with Gasteiger partial charge in [0, 0.05) is 0 Å². The second-order valence-corrected chi connectivity index (χ2v) is 9.07. The Bertz CT molecular complexity index is 538. The lowest BCUT2D eigenvalue weighted by Gasteiger charge is -2.37. The van der Waals surface area contributed by atoms with Crippen LogP contribution in [0.25, 0.3) is 0 Å². The molecule has 0 aliphatic carbocycles. The van der Waals surface area contributed by atoms with Crippen LogP contribution >= 0.6 is 0 Å². The molecular formula is C17H23F3OSi. The van der Waals surface area contributed by atoms with Crippen molar-refractivity contribution in [3.05, 3.63) is 35.4 Å². The van der Waals surface area contributed by atoms with Gasteiger partial charge in [-0.2, -0.15) is 13.2 Å². The molecule has 22 heavy (non-hydrogen) atoms. The maximum Gasteiger partial charge on any atom is 0.416 e. The van der Waals surface area contributed by atoms with Crippen molar-refractivity contribution >= 4 is 9.04 Å². The summed E-state index contributed by atoms with van der Waals surface area (Å²) in [7, 11) is -1.46. The molecule has 0 fully saturated rings. The van der Waals surface area contributed by atoms with Crippen LogP contribution in [0.4, 0.5) is 13.2 Å². The van der Waals surface area contributed by atoms with Crippen molar-refractivity contribution in [2.75, 3.05) is 0 Å². The van der Waals surface area contributed by atoms with Gasteiger partial charge in [0.05, 0.1) is 17.6 Å². The highest BCUT2D eigenvalue weighted by atomic mass is 28.3. The Labute approximate surface area is 132 Å². The van der Waals surface area contributed by atoms with Crippen LogP contribution in [-0.4, -0.2) is 15.1 Å². The summed E-state index contributed by atoms with van der Waals surface area (Å²) in [6.45, 7) is 9.79. The lowest BCUT2D eigenvalue weighted by Crippen LogP contribution is -2.38. The van der Waals surface area contributed by atoms with Gasteiger partial charge < -0.3 is 4.43 Å². The van der Waals surface area contributed by atoms with Crippen molar-refractivity contribution in [3.8, 4) is 12.3 Å². The van der Waals surface area contributed by atoms with Crippen LogP contribution in [0.3, 0.4) is 0 Å². The van der Waals surface area contributed by atoms with Gasteiger partial charge in [0.25, 0.3) is 0 Å². The van der Waals surface area contributed by atoms with Crippen molar-refractivity contribution < 1.29 is 17.6 Å². The number of benzene rings is 1. The second kappa shape index (κ2) is 6.89. The standard InChI is InChI=1S/C17H23F3OSi/c1-7-12(15(16(2,3)4)21-22(5)6)13-10-8-9-11-14(13)17(18,19)20/h1,8-12,15,22H,2-6H3. The summed E-state index contributed by atoms with van der Waals surface area (Å²) in [5, 5.41) is 0. The van der Waals surface area contributed by atoms with Crippen molar-refractivity contribution in [2.24, 2.45) is 5.41 Å². The largest absolute Gasteiger partial charge is 0.416 e. The fourth-order valence-corrected chi connectivity index (χ4v) is 3.59. The van der Waals surface area contributed by atoms with Crippen LogP contribution in [0.5, 0.6) is 0 Å². The van der Waals surface area contributed by atoms with E-state index in [1.54, 1.807) is 6.07 Å². The first-order valence-electron chi connectivity index (χ1n) is 7.26. The third kappa shape index (κ3) is 4.62. The Morgan fingerprint density at radius 2 is 1.68 bits per heavy atom. The minimum Gasteiger partial charge on any atom is -0.416 e. The van der Waals surface area contributed by atoms with E-state index in [0.29, 0.717) is 0 Å². The predicted octanol–water partition coefficient (Wildman–Crippen LogP) is 4.84. The molecule has 0 saturated carbocycles. The molecule has 1 aromatic carbocycles. The summed E-state index contributed by atoms with van der Waals surface area (Å²) in [6.07, 6.45) is 0.730. The summed E-state index contributed by atoms with van der Waals surface area (Å²) >= 11 is 0. The SMILES string of the molecule is C#CC(c1ccccc1C(F)(F)F)C(O[SiH](C)C)C(C)(C)C. The maximum absolute atomic E-state index is 13.3. The van der Waals surface area contributed by atoms with Crippen molar-refractivity contribution in [1.29, 1.82) is 0 Å². The third-order valence-electron chi connectivity index (χ3n) is 3.36. The first-order valence-corrected chi connectivity index (χ1v) is 10.0. The van der Waals surface area contributed by atoms with Gasteiger partial charge in [-0.05, 0) is 30.1 Å². The van der Waals surface area contributed by atoms with Gasteiger partial charge in [-0.3, -0.25) is 0 Å². The van der Waals surface area contributed by atoms with Crippen molar-refractivity contribution in [2.45, 2.75) is 52.1 Å². The van der Waals surface area contributed by atoms with E-state index in [9.17, 15) is 13.2 Å². The predicted molar refractivity (Wildman–Crippen MR) is 86.2 cm³/mol. The van der Waals surface area contributed by atoms with E-state index in [2.05, 4.69) is 5.92 Å². The topological polar surface area (TPSA) is 9.23 Å².